The van der Waals surface area contributed by atoms with Crippen molar-refractivity contribution in [2.75, 3.05) is 5.32 Å². The summed E-state index contributed by atoms with van der Waals surface area (Å²) in [6.45, 7) is 1.89. The lowest BCUT2D eigenvalue weighted by Gasteiger charge is -2.17. The van der Waals surface area contributed by atoms with Crippen LogP contribution < -0.4 is 10.6 Å². The summed E-state index contributed by atoms with van der Waals surface area (Å²) in [6, 6.07) is 18.1. The lowest BCUT2D eigenvalue weighted by atomic mass is 10.1. The second kappa shape index (κ2) is 9.63. The Morgan fingerprint density at radius 2 is 1.84 bits per heavy atom. The number of nitrogens with one attached hydrogen (secondary N) is 2. The van der Waals surface area contributed by atoms with Gasteiger partial charge in [0.15, 0.2) is 5.13 Å². The summed E-state index contributed by atoms with van der Waals surface area (Å²) in [5.41, 5.74) is 2.56. The maximum Gasteiger partial charge on any atom is 0.262 e. The molecule has 31 heavy (non-hydrogen) atoms. The number of aryl methyl sites for hydroxylation is 1. The van der Waals surface area contributed by atoms with Gasteiger partial charge in [-0.1, -0.05) is 53.8 Å². The lowest BCUT2D eigenvalue weighted by molar-refractivity contribution is -0.118. The zero-order valence-electron chi connectivity index (χ0n) is 16.7. The minimum absolute atomic E-state index is 0.268. The molecule has 0 spiro atoms. The highest BCUT2D eigenvalue weighted by Gasteiger charge is 2.24. The number of carbonyl (C=O) groups is 2. The highest BCUT2D eigenvalue weighted by atomic mass is 32.1. The first-order valence-electron chi connectivity index (χ1n) is 9.68. The van der Waals surface area contributed by atoms with Crippen LogP contribution >= 0.6 is 22.7 Å². The molecule has 0 aliphatic carbocycles. The van der Waals surface area contributed by atoms with E-state index in [2.05, 4.69) is 20.6 Å². The third kappa shape index (κ3) is 5.22. The van der Waals surface area contributed by atoms with Crippen LogP contribution in [0.4, 0.5) is 5.13 Å². The largest absolute Gasteiger partial charge is 0.339 e. The number of anilines is 1. The van der Waals surface area contributed by atoms with E-state index < -0.39 is 6.04 Å². The number of benzene rings is 1. The van der Waals surface area contributed by atoms with Crippen molar-refractivity contribution in [1.82, 2.24) is 15.3 Å². The van der Waals surface area contributed by atoms with Gasteiger partial charge in [-0.25, -0.2) is 4.98 Å². The van der Waals surface area contributed by atoms with Crippen LogP contribution in [-0.4, -0.2) is 27.8 Å². The fourth-order valence-corrected chi connectivity index (χ4v) is 4.65. The summed E-state index contributed by atoms with van der Waals surface area (Å²) < 4.78 is 0. The van der Waals surface area contributed by atoms with Crippen molar-refractivity contribution in [2.24, 2.45) is 0 Å². The molecule has 3 heterocycles. The Balaban J connectivity index is 1.53. The molecule has 0 aliphatic heterocycles. The van der Waals surface area contributed by atoms with Crippen molar-refractivity contribution in [1.29, 1.82) is 0 Å². The van der Waals surface area contributed by atoms with Gasteiger partial charge in [-0.15, -0.1) is 11.3 Å². The second-order valence-electron chi connectivity index (χ2n) is 6.83. The summed E-state index contributed by atoms with van der Waals surface area (Å²) in [5, 5.41) is 8.05. The molecule has 2 amide bonds. The molecule has 2 N–H and O–H groups in total. The SMILES string of the molecule is Cc1nc(NC(=O)[C@@H](Cc2ccccc2)NC(=O)c2cccs2)sc1-c1ccccn1. The highest BCUT2D eigenvalue weighted by Crippen LogP contribution is 2.31. The van der Waals surface area contributed by atoms with Gasteiger partial charge in [-0.3, -0.25) is 14.6 Å². The van der Waals surface area contributed by atoms with E-state index in [0.717, 1.165) is 21.8 Å². The first kappa shape index (κ1) is 20.9. The summed E-state index contributed by atoms with van der Waals surface area (Å²) >= 11 is 2.70. The van der Waals surface area contributed by atoms with Gasteiger partial charge in [0.1, 0.15) is 6.04 Å². The number of amides is 2. The van der Waals surface area contributed by atoms with Gasteiger partial charge in [0.2, 0.25) is 5.91 Å². The van der Waals surface area contributed by atoms with E-state index in [1.165, 1.54) is 22.7 Å². The molecule has 0 bridgehead atoms. The van der Waals surface area contributed by atoms with Crippen molar-refractivity contribution >= 4 is 39.6 Å². The average molecular weight is 449 g/mol. The Morgan fingerprint density at radius 1 is 1.03 bits per heavy atom. The highest BCUT2D eigenvalue weighted by molar-refractivity contribution is 7.19. The van der Waals surface area contributed by atoms with Gasteiger partial charge in [-0.05, 0) is 36.1 Å². The molecule has 0 aliphatic rings. The van der Waals surface area contributed by atoms with E-state index in [0.29, 0.717) is 16.4 Å². The predicted octanol–water partition coefficient (Wildman–Crippen LogP) is 4.55. The summed E-state index contributed by atoms with van der Waals surface area (Å²) in [7, 11) is 0. The van der Waals surface area contributed by atoms with Crippen molar-refractivity contribution < 1.29 is 9.59 Å². The number of rotatable bonds is 7. The van der Waals surface area contributed by atoms with Gasteiger partial charge >= 0.3 is 0 Å². The molecule has 0 saturated heterocycles. The fourth-order valence-electron chi connectivity index (χ4n) is 3.07. The molecule has 156 valence electrons. The number of nitrogens with zero attached hydrogens (tertiary/aromatic N) is 2. The van der Waals surface area contributed by atoms with Crippen LogP contribution in [0.25, 0.3) is 10.6 Å². The van der Waals surface area contributed by atoms with Gasteiger partial charge in [-0.2, -0.15) is 0 Å². The van der Waals surface area contributed by atoms with Crippen LogP contribution in [0, 0.1) is 6.92 Å². The maximum atomic E-state index is 13.1. The molecule has 0 unspecified atom stereocenters. The molecule has 0 fully saturated rings. The Hall–Kier alpha value is -3.36. The number of carbonyl (C=O) groups excluding carboxylic acids is 2. The molecule has 0 saturated carbocycles. The first-order chi connectivity index (χ1) is 15.1. The topological polar surface area (TPSA) is 84.0 Å². The molecular weight excluding hydrogens is 428 g/mol. The molecule has 1 aromatic carbocycles. The van der Waals surface area contributed by atoms with Crippen molar-refractivity contribution in [3.63, 3.8) is 0 Å². The number of thiazole rings is 1. The van der Waals surface area contributed by atoms with Crippen LogP contribution in [0.3, 0.4) is 0 Å². The number of hydrogen-bond acceptors (Lipinski definition) is 6. The van der Waals surface area contributed by atoms with Gasteiger partial charge < -0.3 is 10.6 Å². The molecule has 1 atom stereocenters. The Bertz CT molecular complexity index is 1160. The zero-order valence-corrected chi connectivity index (χ0v) is 18.4. The second-order valence-corrected chi connectivity index (χ2v) is 8.78. The molecule has 0 radical (unpaired) electrons. The first-order valence-corrected chi connectivity index (χ1v) is 11.4. The van der Waals surface area contributed by atoms with Gasteiger partial charge in [0.25, 0.3) is 5.91 Å². The maximum absolute atomic E-state index is 13.1. The standard InChI is InChI=1S/C23H20N4O2S2/c1-15-20(17-10-5-6-12-24-17)31-23(25-15)27-21(28)18(14-16-8-3-2-4-9-16)26-22(29)19-11-7-13-30-19/h2-13,18H,14H2,1H3,(H,26,29)(H,25,27,28)/t18-/m1/s1. The van der Waals surface area contributed by atoms with Crippen LogP contribution in [0.15, 0.2) is 72.2 Å². The predicted molar refractivity (Wildman–Crippen MR) is 124 cm³/mol. The van der Waals surface area contributed by atoms with E-state index in [4.69, 9.17) is 0 Å². The Labute approximate surface area is 188 Å². The lowest BCUT2D eigenvalue weighted by Crippen LogP contribution is -2.45. The third-order valence-corrected chi connectivity index (χ3v) is 6.54. The Morgan fingerprint density at radius 3 is 2.55 bits per heavy atom. The molecular formula is C23H20N4O2S2. The van der Waals surface area contributed by atoms with Crippen LogP contribution in [0.2, 0.25) is 0 Å². The summed E-state index contributed by atoms with van der Waals surface area (Å²) in [4.78, 5) is 36.0. The van der Waals surface area contributed by atoms with Crippen molar-refractivity contribution in [2.45, 2.75) is 19.4 Å². The summed E-state index contributed by atoms with van der Waals surface area (Å²) in [5.74, 6) is -0.578. The summed E-state index contributed by atoms with van der Waals surface area (Å²) in [6.07, 6.45) is 2.10. The Kier molecular flexibility index (Phi) is 6.49. The van der Waals surface area contributed by atoms with E-state index >= 15 is 0 Å². The molecule has 8 heteroatoms. The van der Waals surface area contributed by atoms with Gasteiger partial charge in [0, 0.05) is 12.6 Å². The fraction of sp³-hybridized carbons (Fsp3) is 0.130. The minimum atomic E-state index is -0.737. The number of thiophene rings is 1. The normalized spacial score (nSPS) is 11.6. The quantitative estimate of drug-likeness (QED) is 0.434. The smallest absolute Gasteiger partial charge is 0.262 e. The van der Waals surface area contributed by atoms with Crippen LogP contribution in [-0.2, 0) is 11.2 Å². The van der Waals surface area contributed by atoms with E-state index in [1.54, 1.807) is 12.3 Å². The monoisotopic (exact) mass is 448 g/mol. The molecule has 4 rings (SSSR count). The van der Waals surface area contributed by atoms with E-state index in [-0.39, 0.29) is 11.8 Å². The van der Waals surface area contributed by atoms with Crippen molar-refractivity contribution in [3.8, 4) is 10.6 Å². The average Bonchev–Trinajstić information content (AvgIpc) is 3.45. The van der Waals surface area contributed by atoms with Crippen LogP contribution in [0.5, 0.6) is 0 Å². The third-order valence-electron chi connectivity index (χ3n) is 4.57. The van der Waals surface area contributed by atoms with E-state index in [9.17, 15) is 9.59 Å². The minimum Gasteiger partial charge on any atom is -0.339 e. The van der Waals surface area contributed by atoms with E-state index in [1.807, 2.05) is 66.9 Å². The number of aromatic nitrogens is 2. The van der Waals surface area contributed by atoms with Crippen molar-refractivity contribution in [3.05, 3.63) is 88.4 Å². The van der Waals surface area contributed by atoms with Gasteiger partial charge in [0.05, 0.1) is 21.1 Å². The number of hydrogen-bond donors (Lipinski definition) is 2. The number of pyridine rings is 1. The zero-order chi connectivity index (χ0) is 21.6. The molecule has 4 aromatic rings. The molecule has 3 aromatic heterocycles. The molecule has 6 nitrogen and oxygen atoms in total. The van der Waals surface area contributed by atoms with Crippen LogP contribution in [0.1, 0.15) is 20.9 Å².